The van der Waals surface area contributed by atoms with Gasteiger partial charge in [-0.2, -0.15) is 5.26 Å². The first-order chi connectivity index (χ1) is 15.0. The van der Waals surface area contributed by atoms with Crippen LogP contribution in [0.2, 0.25) is 10.0 Å². The fourth-order valence-corrected chi connectivity index (χ4v) is 4.09. The molecule has 1 fully saturated rings. The zero-order valence-electron chi connectivity index (χ0n) is 16.8. The molecule has 1 atom stereocenters. The van der Waals surface area contributed by atoms with E-state index >= 15 is 0 Å². The van der Waals surface area contributed by atoms with Crippen molar-refractivity contribution >= 4 is 46.1 Å². The molecule has 1 saturated heterocycles. The predicted octanol–water partition coefficient (Wildman–Crippen LogP) is 5.20. The summed E-state index contributed by atoms with van der Waals surface area (Å²) in [4.78, 5) is 12.5. The van der Waals surface area contributed by atoms with E-state index < -0.39 is 0 Å². The number of rotatable bonds is 6. The lowest BCUT2D eigenvalue weighted by atomic mass is 10.1. The maximum absolute atomic E-state index is 12.5. The first kappa shape index (κ1) is 21.5. The Morgan fingerprint density at radius 2 is 2.10 bits per heavy atom. The van der Waals surface area contributed by atoms with Gasteiger partial charge >= 0.3 is 0 Å². The van der Waals surface area contributed by atoms with Gasteiger partial charge in [-0.15, -0.1) is 0 Å². The Morgan fingerprint density at radius 3 is 2.84 bits per heavy atom. The molecule has 4 rings (SSSR count). The largest absolute Gasteiger partial charge is 0.376 e. The Hall–Kier alpha value is -2.78. The normalized spacial score (nSPS) is 16.4. The number of amides is 1. The molecule has 1 amide bonds. The molecular formula is C24H21Cl2N3O2. The number of nitriles is 1. The number of benzene rings is 2. The molecule has 0 bridgehead atoms. The number of aromatic nitrogens is 1. The molecule has 5 nitrogen and oxygen atoms in total. The highest BCUT2D eigenvalue weighted by Gasteiger charge is 2.18. The number of fused-ring (bicyclic) bond motifs is 1. The second-order valence-electron chi connectivity index (χ2n) is 7.49. The topological polar surface area (TPSA) is 67.0 Å². The molecular weight excluding hydrogens is 433 g/mol. The SMILES string of the molecule is N#C/C(=C/c1cn(Cc2ccc(Cl)c(Cl)c2)c2ccccc12)C(=O)NC[C@H]1CCCO1. The number of ether oxygens (including phenoxy) is 1. The molecule has 1 aromatic heterocycles. The van der Waals surface area contributed by atoms with Crippen LogP contribution in [0.3, 0.4) is 0 Å². The van der Waals surface area contributed by atoms with Gasteiger partial charge in [0.05, 0.1) is 16.1 Å². The number of halogens is 2. The van der Waals surface area contributed by atoms with E-state index in [4.69, 9.17) is 27.9 Å². The fourth-order valence-electron chi connectivity index (χ4n) is 3.77. The molecule has 0 unspecified atom stereocenters. The molecule has 7 heteroatoms. The average Bonchev–Trinajstić information content (AvgIpc) is 3.41. The van der Waals surface area contributed by atoms with E-state index in [1.807, 2.05) is 48.7 Å². The van der Waals surface area contributed by atoms with E-state index in [0.29, 0.717) is 23.1 Å². The lowest BCUT2D eigenvalue weighted by Crippen LogP contribution is -2.32. The summed E-state index contributed by atoms with van der Waals surface area (Å²) in [6.07, 6.45) is 5.53. The van der Waals surface area contributed by atoms with Gasteiger partial charge in [0.1, 0.15) is 11.6 Å². The predicted molar refractivity (Wildman–Crippen MR) is 123 cm³/mol. The van der Waals surface area contributed by atoms with Crippen LogP contribution in [0.25, 0.3) is 17.0 Å². The summed E-state index contributed by atoms with van der Waals surface area (Å²) < 4.78 is 7.60. The first-order valence-corrected chi connectivity index (χ1v) is 10.8. The van der Waals surface area contributed by atoms with Crippen LogP contribution in [0.15, 0.2) is 54.2 Å². The lowest BCUT2D eigenvalue weighted by Gasteiger charge is -2.10. The quantitative estimate of drug-likeness (QED) is 0.411. The second kappa shape index (κ2) is 9.57. The van der Waals surface area contributed by atoms with E-state index in [1.54, 1.807) is 12.1 Å². The van der Waals surface area contributed by atoms with E-state index in [2.05, 4.69) is 9.88 Å². The number of nitrogens with one attached hydrogen (secondary N) is 1. The summed E-state index contributed by atoms with van der Waals surface area (Å²) in [6, 6.07) is 15.5. The van der Waals surface area contributed by atoms with Crippen LogP contribution in [-0.2, 0) is 16.1 Å². The molecule has 31 heavy (non-hydrogen) atoms. The third kappa shape index (κ3) is 4.94. The van der Waals surface area contributed by atoms with E-state index in [0.717, 1.165) is 41.5 Å². The number of hydrogen-bond donors (Lipinski definition) is 1. The Kier molecular flexibility index (Phi) is 6.62. The van der Waals surface area contributed by atoms with Crippen molar-refractivity contribution in [2.24, 2.45) is 0 Å². The summed E-state index contributed by atoms with van der Waals surface area (Å²) in [6.45, 7) is 1.72. The van der Waals surface area contributed by atoms with Gasteiger partial charge in [0.2, 0.25) is 0 Å². The minimum atomic E-state index is -0.390. The fraction of sp³-hybridized carbons (Fsp3) is 0.250. The van der Waals surface area contributed by atoms with E-state index in [9.17, 15) is 10.1 Å². The number of carbonyl (C=O) groups excluding carboxylic acids is 1. The molecule has 1 aliphatic heterocycles. The molecule has 158 valence electrons. The van der Waals surface area contributed by atoms with E-state index in [1.165, 1.54) is 0 Å². The van der Waals surface area contributed by atoms with Gasteiger partial charge in [0.25, 0.3) is 5.91 Å². The van der Waals surface area contributed by atoms with Crippen molar-refractivity contribution in [3.05, 3.63) is 75.4 Å². The molecule has 2 heterocycles. The third-order valence-electron chi connectivity index (χ3n) is 5.34. The number of hydrogen-bond acceptors (Lipinski definition) is 3. The van der Waals surface area contributed by atoms with Crippen LogP contribution in [0.5, 0.6) is 0 Å². The highest BCUT2D eigenvalue weighted by Crippen LogP contribution is 2.27. The Morgan fingerprint density at radius 1 is 1.26 bits per heavy atom. The van der Waals surface area contributed by atoms with Gasteiger partial charge in [-0.25, -0.2) is 0 Å². The van der Waals surface area contributed by atoms with Crippen molar-refractivity contribution in [2.45, 2.75) is 25.5 Å². The average molecular weight is 454 g/mol. The standard InChI is InChI=1S/C24H21Cl2N3O2/c25-21-8-7-16(10-22(21)26)14-29-15-18(20-5-1-2-6-23(20)29)11-17(12-27)24(30)28-13-19-4-3-9-31-19/h1-2,5-8,10-11,15,19H,3-4,9,13-14H2,(H,28,30)/b17-11-/t19-/m1/s1. The van der Waals surface area contributed by atoms with Crippen molar-refractivity contribution in [2.75, 3.05) is 13.2 Å². The number of nitrogens with zero attached hydrogens (tertiary/aromatic N) is 2. The lowest BCUT2D eigenvalue weighted by molar-refractivity contribution is -0.117. The molecule has 0 aliphatic carbocycles. The van der Waals surface area contributed by atoms with Gasteiger partial charge in [0, 0.05) is 42.4 Å². The van der Waals surface area contributed by atoms with Crippen LogP contribution >= 0.6 is 23.2 Å². The summed E-state index contributed by atoms with van der Waals surface area (Å²) >= 11 is 12.2. The number of carbonyl (C=O) groups is 1. The Balaban J connectivity index is 1.61. The van der Waals surface area contributed by atoms with Crippen LogP contribution in [0.1, 0.15) is 24.0 Å². The first-order valence-electron chi connectivity index (χ1n) is 10.1. The molecule has 0 saturated carbocycles. The van der Waals surface area contributed by atoms with Crippen LogP contribution < -0.4 is 5.32 Å². The molecule has 1 N–H and O–H groups in total. The van der Waals surface area contributed by atoms with Crippen molar-refractivity contribution in [1.29, 1.82) is 5.26 Å². The van der Waals surface area contributed by atoms with Crippen molar-refractivity contribution in [3.8, 4) is 6.07 Å². The molecule has 0 spiro atoms. The summed E-state index contributed by atoms with van der Waals surface area (Å²) in [7, 11) is 0. The van der Waals surface area contributed by atoms with Gasteiger partial charge in [-0.3, -0.25) is 4.79 Å². The van der Waals surface area contributed by atoms with E-state index in [-0.39, 0.29) is 17.6 Å². The maximum atomic E-state index is 12.5. The van der Waals surface area contributed by atoms with Crippen molar-refractivity contribution < 1.29 is 9.53 Å². The zero-order valence-corrected chi connectivity index (χ0v) is 18.3. The van der Waals surface area contributed by atoms with Gasteiger partial charge < -0.3 is 14.6 Å². The molecule has 3 aromatic rings. The van der Waals surface area contributed by atoms with Gasteiger partial charge in [-0.1, -0.05) is 47.5 Å². The van der Waals surface area contributed by atoms with Crippen LogP contribution in [0.4, 0.5) is 0 Å². The summed E-state index contributed by atoms with van der Waals surface area (Å²) in [5.74, 6) is -0.390. The van der Waals surface area contributed by atoms with Crippen molar-refractivity contribution in [3.63, 3.8) is 0 Å². The third-order valence-corrected chi connectivity index (χ3v) is 6.07. The highest BCUT2D eigenvalue weighted by atomic mass is 35.5. The Labute approximate surface area is 190 Å². The smallest absolute Gasteiger partial charge is 0.262 e. The summed E-state index contributed by atoms with van der Waals surface area (Å²) in [5.41, 5.74) is 2.87. The minimum absolute atomic E-state index is 0.0250. The van der Waals surface area contributed by atoms with Gasteiger partial charge in [-0.05, 0) is 42.7 Å². The maximum Gasteiger partial charge on any atom is 0.262 e. The molecule has 1 aliphatic rings. The second-order valence-corrected chi connectivity index (χ2v) is 8.31. The summed E-state index contributed by atoms with van der Waals surface area (Å²) in [5, 5.41) is 14.4. The Bertz CT molecular complexity index is 1190. The van der Waals surface area contributed by atoms with Gasteiger partial charge in [0.15, 0.2) is 0 Å². The van der Waals surface area contributed by atoms with Crippen LogP contribution in [0, 0.1) is 11.3 Å². The monoisotopic (exact) mass is 453 g/mol. The molecule has 2 aromatic carbocycles. The zero-order chi connectivity index (χ0) is 21.8. The molecule has 0 radical (unpaired) electrons. The number of para-hydroxylation sites is 1. The van der Waals surface area contributed by atoms with Crippen molar-refractivity contribution in [1.82, 2.24) is 9.88 Å². The highest BCUT2D eigenvalue weighted by molar-refractivity contribution is 6.42. The van der Waals surface area contributed by atoms with Crippen LogP contribution in [-0.4, -0.2) is 29.7 Å². The minimum Gasteiger partial charge on any atom is -0.376 e.